The summed E-state index contributed by atoms with van der Waals surface area (Å²) >= 11 is 1.66. The molecule has 0 bridgehead atoms. The second-order valence-electron chi connectivity index (χ2n) is 4.84. The predicted octanol–water partition coefficient (Wildman–Crippen LogP) is 1.74. The number of aliphatic hydroxyl groups excluding tert-OH is 1. The molecule has 1 fully saturated rings. The minimum absolute atomic E-state index is 0.273. The van der Waals surface area contributed by atoms with Gasteiger partial charge >= 0.3 is 0 Å². The van der Waals surface area contributed by atoms with Crippen LogP contribution in [0.4, 0.5) is 5.13 Å². The third kappa shape index (κ3) is 2.19. The van der Waals surface area contributed by atoms with E-state index in [9.17, 15) is 5.11 Å². The van der Waals surface area contributed by atoms with Gasteiger partial charge in [-0.05, 0) is 26.2 Å². The Morgan fingerprint density at radius 2 is 2.41 bits per heavy atom. The van der Waals surface area contributed by atoms with Crippen molar-refractivity contribution in [3.8, 4) is 0 Å². The molecule has 1 saturated heterocycles. The van der Waals surface area contributed by atoms with Crippen molar-refractivity contribution in [3.63, 3.8) is 0 Å². The van der Waals surface area contributed by atoms with Crippen LogP contribution in [0.5, 0.6) is 0 Å². The normalized spacial score (nSPS) is 29.2. The second kappa shape index (κ2) is 4.55. The number of morpholine rings is 1. The molecule has 4 nitrogen and oxygen atoms in total. The lowest BCUT2D eigenvalue weighted by Crippen LogP contribution is -2.41. The standard InChI is InChI=1S/C12H18N2O2S/c1-8-7-14(5-6-16-8)12-13-9-3-2-4-10(15)11(9)17-12/h8,10,15H,2-7H2,1H3. The van der Waals surface area contributed by atoms with Gasteiger partial charge in [-0.2, -0.15) is 0 Å². The maximum atomic E-state index is 9.95. The molecule has 94 valence electrons. The first kappa shape index (κ1) is 11.4. The van der Waals surface area contributed by atoms with E-state index in [-0.39, 0.29) is 12.2 Å². The maximum absolute atomic E-state index is 9.95. The van der Waals surface area contributed by atoms with Gasteiger partial charge in [0, 0.05) is 13.1 Å². The highest BCUT2D eigenvalue weighted by Gasteiger charge is 2.26. The molecular formula is C12H18N2O2S. The third-order valence-electron chi connectivity index (χ3n) is 3.42. The Hall–Kier alpha value is -0.650. The Labute approximate surface area is 105 Å². The first-order valence-electron chi connectivity index (χ1n) is 6.28. The Bertz CT molecular complexity index is 407. The molecule has 0 saturated carbocycles. The van der Waals surface area contributed by atoms with Crippen molar-refractivity contribution in [1.29, 1.82) is 0 Å². The largest absolute Gasteiger partial charge is 0.388 e. The number of aliphatic hydroxyl groups is 1. The van der Waals surface area contributed by atoms with E-state index in [0.717, 1.165) is 54.7 Å². The number of thiazole rings is 1. The van der Waals surface area contributed by atoms with Crippen LogP contribution in [0.2, 0.25) is 0 Å². The van der Waals surface area contributed by atoms with E-state index in [4.69, 9.17) is 4.74 Å². The maximum Gasteiger partial charge on any atom is 0.186 e. The van der Waals surface area contributed by atoms with Crippen LogP contribution in [0.15, 0.2) is 0 Å². The number of hydrogen-bond donors (Lipinski definition) is 1. The molecule has 0 radical (unpaired) electrons. The summed E-state index contributed by atoms with van der Waals surface area (Å²) in [6.45, 7) is 4.68. The predicted molar refractivity (Wildman–Crippen MR) is 67.6 cm³/mol. The molecule has 2 aliphatic rings. The van der Waals surface area contributed by atoms with Gasteiger partial charge in [-0.3, -0.25) is 0 Å². The number of aromatic nitrogens is 1. The molecule has 1 aromatic heterocycles. The molecule has 1 aliphatic heterocycles. The van der Waals surface area contributed by atoms with Crippen LogP contribution in [0, 0.1) is 0 Å². The molecule has 0 amide bonds. The summed E-state index contributed by atoms with van der Waals surface area (Å²) in [5, 5.41) is 11.0. The molecule has 1 aliphatic carbocycles. The molecule has 17 heavy (non-hydrogen) atoms. The minimum Gasteiger partial charge on any atom is -0.388 e. The van der Waals surface area contributed by atoms with Crippen molar-refractivity contribution in [2.45, 2.75) is 38.4 Å². The zero-order valence-corrected chi connectivity index (χ0v) is 10.9. The molecule has 1 aromatic rings. The van der Waals surface area contributed by atoms with E-state index >= 15 is 0 Å². The Balaban J connectivity index is 1.83. The lowest BCUT2D eigenvalue weighted by Gasteiger charge is -2.30. The number of nitrogens with zero attached hydrogens (tertiary/aromatic N) is 2. The average Bonchev–Trinajstić information content (AvgIpc) is 2.74. The zero-order chi connectivity index (χ0) is 11.8. The molecular weight excluding hydrogens is 236 g/mol. The number of rotatable bonds is 1. The first-order valence-corrected chi connectivity index (χ1v) is 7.10. The van der Waals surface area contributed by atoms with Crippen molar-refractivity contribution < 1.29 is 9.84 Å². The van der Waals surface area contributed by atoms with E-state index in [1.807, 2.05) is 0 Å². The quantitative estimate of drug-likeness (QED) is 0.829. The minimum atomic E-state index is -0.288. The van der Waals surface area contributed by atoms with Crippen LogP contribution in [0.25, 0.3) is 0 Å². The van der Waals surface area contributed by atoms with Crippen LogP contribution in [-0.4, -0.2) is 35.9 Å². The lowest BCUT2D eigenvalue weighted by molar-refractivity contribution is 0.0532. The molecule has 2 atom stereocenters. The van der Waals surface area contributed by atoms with Gasteiger partial charge in [0.1, 0.15) is 0 Å². The molecule has 2 heterocycles. The van der Waals surface area contributed by atoms with Gasteiger partial charge < -0.3 is 14.7 Å². The highest BCUT2D eigenvalue weighted by Crippen LogP contribution is 2.37. The van der Waals surface area contributed by atoms with Gasteiger partial charge in [0.2, 0.25) is 0 Å². The van der Waals surface area contributed by atoms with Gasteiger partial charge in [-0.15, -0.1) is 0 Å². The van der Waals surface area contributed by atoms with Crippen LogP contribution >= 0.6 is 11.3 Å². The first-order chi connectivity index (χ1) is 8.24. The van der Waals surface area contributed by atoms with E-state index in [1.165, 1.54) is 0 Å². The monoisotopic (exact) mass is 254 g/mol. The zero-order valence-electron chi connectivity index (χ0n) is 10.1. The molecule has 2 unspecified atom stereocenters. The SMILES string of the molecule is CC1CN(c2nc3c(s2)C(O)CCC3)CCO1. The number of hydrogen-bond acceptors (Lipinski definition) is 5. The Kier molecular flexibility index (Phi) is 3.06. The number of ether oxygens (including phenoxy) is 1. The summed E-state index contributed by atoms with van der Waals surface area (Å²) in [5.41, 5.74) is 1.11. The van der Waals surface area contributed by atoms with Gasteiger partial charge in [0.15, 0.2) is 5.13 Å². The summed E-state index contributed by atoms with van der Waals surface area (Å²) < 4.78 is 5.54. The van der Waals surface area contributed by atoms with Crippen molar-refractivity contribution in [2.75, 3.05) is 24.6 Å². The van der Waals surface area contributed by atoms with Gasteiger partial charge in [0.25, 0.3) is 0 Å². The summed E-state index contributed by atoms with van der Waals surface area (Å²) in [7, 11) is 0. The molecule has 3 rings (SSSR count). The van der Waals surface area contributed by atoms with Gasteiger partial charge in [-0.1, -0.05) is 11.3 Å². The van der Waals surface area contributed by atoms with Crippen molar-refractivity contribution in [1.82, 2.24) is 4.98 Å². The average molecular weight is 254 g/mol. The van der Waals surface area contributed by atoms with Crippen LogP contribution in [-0.2, 0) is 11.2 Å². The highest BCUT2D eigenvalue weighted by atomic mass is 32.1. The summed E-state index contributed by atoms with van der Waals surface area (Å²) in [6, 6.07) is 0. The van der Waals surface area contributed by atoms with Crippen LogP contribution in [0.1, 0.15) is 36.4 Å². The third-order valence-corrected chi connectivity index (χ3v) is 4.68. The number of anilines is 1. The van der Waals surface area contributed by atoms with Crippen molar-refractivity contribution in [2.24, 2.45) is 0 Å². The summed E-state index contributed by atoms with van der Waals surface area (Å²) in [4.78, 5) is 8.06. The van der Waals surface area contributed by atoms with Gasteiger partial charge in [-0.25, -0.2) is 4.98 Å². The Morgan fingerprint density at radius 1 is 1.53 bits per heavy atom. The van der Waals surface area contributed by atoms with E-state index in [0.29, 0.717) is 0 Å². The van der Waals surface area contributed by atoms with Crippen LogP contribution < -0.4 is 4.90 Å². The van der Waals surface area contributed by atoms with Crippen LogP contribution in [0.3, 0.4) is 0 Å². The van der Waals surface area contributed by atoms with E-state index < -0.39 is 0 Å². The molecule has 1 N–H and O–H groups in total. The fraction of sp³-hybridized carbons (Fsp3) is 0.750. The van der Waals surface area contributed by atoms with E-state index in [2.05, 4.69) is 16.8 Å². The fourth-order valence-electron chi connectivity index (χ4n) is 2.51. The van der Waals surface area contributed by atoms with Crippen molar-refractivity contribution >= 4 is 16.5 Å². The molecule has 5 heteroatoms. The smallest absolute Gasteiger partial charge is 0.186 e. The lowest BCUT2D eigenvalue weighted by atomic mass is 10.0. The Morgan fingerprint density at radius 3 is 3.18 bits per heavy atom. The summed E-state index contributed by atoms with van der Waals surface area (Å²) in [5.74, 6) is 0. The second-order valence-corrected chi connectivity index (χ2v) is 5.85. The van der Waals surface area contributed by atoms with E-state index in [1.54, 1.807) is 11.3 Å². The number of aryl methyl sites for hydroxylation is 1. The highest BCUT2D eigenvalue weighted by molar-refractivity contribution is 7.15. The number of fused-ring (bicyclic) bond motifs is 1. The van der Waals surface area contributed by atoms with Crippen molar-refractivity contribution in [3.05, 3.63) is 10.6 Å². The molecule has 0 aromatic carbocycles. The van der Waals surface area contributed by atoms with Gasteiger partial charge in [0.05, 0.1) is 29.4 Å². The fourth-order valence-corrected chi connectivity index (χ4v) is 3.68. The summed E-state index contributed by atoms with van der Waals surface area (Å²) in [6.07, 6.45) is 2.94. The topological polar surface area (TPSA) is 45.6 Å². The molecule has 0 spiro atoms.